The number of hydrogen-bond acceptors (Lipinski definition) is 15. The van der Waals surface area contributed by atoms with E-state index in [4.69, 9.17) is 37.0 Å². The van der Waals surface area contributed by atoms with Crippen LogP contribution in [0.25, 0.3) is 0 Å². The fraction of sp³-hybridized carbons (Fsp3) is 0.949. The zero-order valence-electron chi connectivity index (χ0n) is 64.3. The number of aliphatic hydroxyl groups is 1. The van der Waals surface area contributed by atoms with Crippen LogP contribution in [0.3, 0.4) is 0 Å². The molecule has 0 aromatic rings. The maximum atomic E-state index is 13.1. The van der Waals surface area contributed by atoms with Crippen molar-refractivity contribution < 1.29 is 80.2 Å². The number of ether oxygens (including phenoxy) is 4. The molecular weight excluding hydrogens is 1280 g/mol. The molecule has 0 rings (SSSR count). The Labute approximate surface area is 600 Å². The Kier molecular flexibility index (Phi) is 68.1. The van der Waals surface area contributed by atoms with Gasteiger partial charge in [-0.1, -0.05) is 357 Å². The number of aliphatic hydroxyl groups excluding tert-OH is 1. The highest BCUT2D eigenvalue weighted by molar-refractivity contribution is 7.47. The van der Waals surface area contributed by atoms with E-state index in [2.05, 4.69) is 48.5 Å². The van der Waals surface area contributed by atoms with Gasteiger partial charge in [0.15, 0.2) is 12.2 Å². The molecule has 0 amide bonds. The van der Waals surface area contributed by atoms with Crippen molar-refractivity contribution in [1.82, 2.24) is 0 Å². The number of carbonyl (C=O) groups excluding carboxylic acids is 4. The van der Waals surface area contributed by atoms with Crippen LogP contribution < -0.4 is 0 Å². The summed E-state index contributed by atoms with van der Waals surface area (Å²) in [6.45, 7) is 11.9. The lowest BCUT2D eigenvalue weighted by atomic mass is 9.99. The predicted octanol–water partition coefficient (Wildman–Crippen LogP) is 23.4. The molecule has 3 unspecified atom stereocenters. The molecule has 0 saturated heterocycles. The Morgan fingerprint density at radius 2 is 0.520 bits per heavy atom. The normalized spacial score (nSPS) is 14.3. The maximum absolute atomic E-state index is 13.1. The van der Waals surface area contributed by atoms with Crippen molar-refractivity contribution in [3.63, 3.8) is 0 Å². The molecule has 19 heteroatoms. The largest absolute Gasteiger partial charge is 0.472 e. The lowest BCUT2D eigenvalue weighted by Gasteiger charge is -2.21. The fourth-order valence-electron chi connectivity index (χ4n) is 12.1. The van der Waals surface area contributed by atoms with Gasteiger partial charge in [0, 0.05) is 25.7 Å². The van der Waals surface area contributed by atoms with E-state index in [9.17, 15) is 43.2 Å². The van der Waals surface area contributed by atoms with E-state index in [1.165, 1.54) is 218 Å². The first-order valence-corrected chi connectivity index (χ1v) is 43.9. The van der Waals surface area contributed by atoms with Gasteiger partial charge in [-0.15, -0.1) is 0 Å². The monoisotopic (exact) mass is 1440 g/mol. The summed E-state index contributed by atoms with van der Waals surface area (Å²) >= 11 is 0. The van der Waals surface area contributed by atoms with Gasteiger partial charge in [0.1, 0.15) is 19.3 Å². The van der Waals surface area contributed by atoms with E-state index < -0.39 is 97.5 Å². The van der Waals surface area contributed by atoms with Gasteiger partial charge in [-0.3, -0.25) is 37.3 Å². The third-order valence-corrected chi connectivity index (χ3v) is 20.6. The van der Waals surface area contributed by atoms with Gasteiger partial charge < -0.3 is 33.8 Å². The average Bonchev–Trinajstić information content (AvgIpc) is 1.27. The maximum Gasteiger partial charge on any atom is 0.472 e. The molecule has 17 nitrogen and oxygen atoms in total. The zero-order valence-corrected chi connectivity index (χ0v) is 66.0. The molecule has 0 aliphatic heterocycles. The number of esters is 4. The fourth-order valence-corrected chi connectivity index (χ4v) is 13.7. The van der Waals surface area contributed by atoms with Crippen LogP contribution in [0.1, 0.15) is 408 Å². The van der Waals surface area contributed by atoms with Gasteiger partial charge in [0.25, 0.3) is 0 Å². The molecule has 98 heavy (non-hydrogen) atoms. The minimum absolute atomic E-state index is 0.105. The van der Waals surface area contributed by atoms with E-state index >= 15 is 0 Å². The molecule has 0 fully saturated rings. The van der Waals surface area contributed by atoms with Gasteiger partial charge in [0.2, 0.25) is 0 Å². The van der Waals surface area contributed by atoms with Gasteiger partial charge in [-0.25, -0.2) is 9.13 Å². The predicted molar refractivity (Wildman–Crippen MR) is 400 cm³/mol. The molecule has 0 aromatic carbocycles. The van der Waals surface area contributed by atoms with E-state index in [0.29, 0.717) is 25.7 Å². The lowest BCUT2D eigenvalue weighted by Crippen LogP contribution is -2.30. The number of unbranched alkanes of at least 4 members (excludes halogenated alkanes) is 44. The molecule has 0 aliphatic carbocycles. The summed E-state index contributed by atoms with van der Waals surface area (Å²) in [6.07, 6.45) is 56.7. The summed E-state index contributed by atoms with van der Waals surface area (Å²) in [6, 6.07) is 0. The first-order valence-electron chi connectivity index (χ1n) is 40.9. The number of hydrogen-bond donors (Lipinski definition) is 3. The minimum Gasteiger partial charge on any atom is -0.462 e. The Morgan fingerprint density at radius 3 is 0.776 bits per heavy atom. The van der Waals surface area contributed by atoms with Gasteiger partial charge in [0.05, 0.1) is 26.4 Å². The summed E-state index contributed by atoms with van der Waals surface area (Å²) < 4.78 is 68.7. The summed E-state index contributed by atoms with van der Waals surface area (Å²) in [5.74, 6) is 0.212. The summed E-state index contributed by atoms with van der Waals surface area (Å²) in [7, 11) is -9.92. The van der Waals surface area contributed by atoms with Crippen LogP contribution in [-0.2, 0) is 65.4 Å². The van der Waals surface area contributed by atoms with Crippen LogP contribution in [0.4, 0.5) is 0 Å². The van der Waals surface area contributed by atoms with E-state index in [1.807, 2.05) is 0 Å². The first kappa shape index (κ1) is 96.1. The highest BCUT2D eigenvalue weighted by Gasteiger charge is 2.30. The van der Waals surface area contributed by atoms with Gasteiger partial charge in [-0.05, 0) is 43.4 Å². The second-order valence-electron chi connectivity index (χ2n) is 29.6. The molecular formula is C79H154O17P2. The standard InChI is InChI=1S/C79H154O17P2/c1-8-10-11-12-13-14-15-16-17-18-22-25-31-39-46-53-60-76(81)89-66-74(95-78(83)62-55-48-41-32-26-23-20-19-21-24-29-36-43-50-57-70(3)4)68-93-97(85,86)91-64-73(80)65-92-98(87,88)94-69-75(67-90-77(82)61-54-47-40-35-34-38-45-52-59-72(7)9-2)96-79(84)63-56-49-42-33-28-27-30-37-44-51-58-71(5)6/h70-75,80H,8-69H2,1-7H3,(H,85,86)(H,87,88)/t72?,73-,74-,75-/m1/s1. The molecule has 0 radical (unpaired) electrons. The molecule has 0 aromatic heterocycles. The summed E-state index contributed by atoms with van der Waals surface area (Å²) in [4.78, 5) is 73.0. The second kappa shape index (κ2) is 69.4. The van der Waals surface area contributed by atoms with Gasteiger partial charge in [-0.2, -0.15) is 0 Å². The lowest BCUT2D eigenvalue weighted by molar-refractivity contribution is -0.161. The molecule has 0 heterocycles. The van der Waals surface area contributed by atoms with Crippen molar-refractivity contribution in [2.75, 3.05) is 39.6 Å². The Morgan fingerprint density at radius 1 is 0.296 bits per heavy atom. The second-order valence-corrected chi connectivity index (χ2v) is 32.6. The van der Waals surface area contributed by atoms with E-state index in [0.717, 1.165) is 108 Å². The Hall–Kier alpha value is -1.94. The van der Waals surface area contributed by atoms with Crippen molar-refractivity contribution in [2.24, 2.45) is 17.8 Å². The smallest absolute Gasteiger partial charge is 0.462 e. The average molecular weight is 1440 g/mol. The van der Waals surface area contributed by atoms with Crippen LogP contribution in [0.15, 0.2) is 0 Å². The van der Waals surface area contributed by atoms with Crippen molar-refractivity contribution >= 4 is 39.5 Å². The van der Waals surface area contributed by atoms with Crippen LogP contribution in [0.5, 0.6) is 0 Å². The van der Waals surface area contributed by atoms with Crippen molar-refractivity contribution in [3.8, 4) is 0 Å². The number of rotatable bonds is 77. The molecule has 582 valence electrons. The van der Waals surface area contributed by atoms with Crippen LogP contribution >= 0.6 is 15.6 Å². The Bertz CT molecular complexity index is 1910. The first-order chi connectivity index (χ1) is 47.3. The van der Waals surface area contributed by atoms with Crippen LogP contribution in [-0.4, -0.2) is 96.7 Å². The zero-order chi connectivity index (χ0) is 72.3. The SMILES string of the molecule is CCCCCCCCCCCCCCCCCCC(=O)OC[C@H](COP(=O)(O)OC[C@@H](O)COP(=O)(O)OC[C@@H](COC(=O)CCCCCCCCCCC(C)CC)OC(=O)CCCCCCCCCCCCC(C)C)OC(=O)CCCCCCCCCCCCCCCCC(C)C. The molecule has 0 aliphatic rings. The minimum atomic E-state index is -4.96. The molecule has 0 saturated carbocycles. The highest BCUT2D eigenvalue weighted by Crippen LogP contribution is 2.45. The van der Waals surface area contributed by atoms with Crippen molar-refractivity contribution in [1.29, 1.82) is 0 Å². The van der Waals surface area contributed by atoms with Crippen LogP contribution in [0, 0.1) is 17.8 Å². The summed E-state index contributed by atoms with van der Waals surface area (Å²) in [5.41, 5.74) is 0. The number of carbonyl (C=O) groups is 4. The summed E-state index contributed by atoms with van der Waals surface area (Å²) in [5, 5.41) is 10.6. The molecule has 0 bridgehead atoms. The van der Waals surface area contributed by atoms with E-state index in [1.54, 1.807) is 0 Å². The third-order valence-electron chi connectivity index (χ3n) is 18.7. The quantitative estimate of drug-likeness (QED) is 0.0222. The Balaban J connectivity index is 5.27. The molecule has 3 N–H and O–H groups in total. The van der Waals surface area contributed by atoms with Crippen LogP contribution in [0.2, 0.25) is 0 Å². The molecule has 6 atom stereocenters. The number of phosphoric acid groups is 2. The molecule has 0 spiro atoms. The number of phosphoric ester groups is 2. The van der Waals surface area contributed by atoms with Crippen molar-refractivity contribution in [2.45, 2.75) is 426 Å². The third kappa shape index (κ3) is 71.1. The van der Waals surface area contributed by atoms with Crippen molar-refractivity contribution in [3.05, 3.63) is 0 Å². The van der Waals surface area contributed by atoms with Gasteiger partial charge >= 0.3 is 39.5 Å². The van der Waals surface area contributed by atoms with E-state index in [-0.39, 0.29) is 25.7 Å². The topological polar surface area (TPSA) is 237 Å². The highest BCUT2D eigenvalue weighted by atomic mass is 31.2.